The van der Waals surface area contributed by atoms with E-state index >= 15 is 0 Å². The predicted octanol–water partition coefficient (Wildman–Crippen LogP) is 5.29. The number of hydrogen-bond acceptors (Lipinski definition) is 7. The molecule has 4 aromatic carbocycles. The summed E-state index contributed by atoms with van der Waals surface area (Å²) < 4.78 is 11.2. The Labute approximate surface area is 213 Å². The average molecular weight is 499 g/mol. The highest BCUT2D eigenvalue weighted by atomic mass is 16.6. The minimum absolute atomic E-state index is 0.0170. The summed E-state index contributed by atoms with van der Waals surface area (Å²) >= 11 is 0. The minimum atomic E-state index is -0.505. The Balaban J connectivity index is 1.35. The number of hydrogen-bond donors (Lipinski definition) is 2. The normalized spacial score (nSPS) is 11.7. The van der Waals surface area contributed by atoms with Crippen molar-refractivity contribution >= 4 is 34.3 Å². The first kappa shape index (κ1) is 25.2. The summed E-state index contributed by atoms with van der Waals surface area (Å²) in [6, 6.07) is 24.8. The van der Waals surface area contributed by atoms with Crippen LogP contribution in [0.3, 0.4) is 0 Å². The van der Waals surface area contributed by atoms with Crippen molar-refractivity contribution < 1.29 is 19.2 Å². The van der Waals surface area contributed by atoms with Gasteiger partial charge < -0.3 is 14.8 Å². The first-order valence-corrected chi connectivity index (χ1v) is 11.6. The summed E-state index contributed by atoms with van der Waals surface area (Å²) in [6.07, 6.45) is 1.51. The van der Waals surface area contributed by atoms with Gasteiger partial charge in [0.2, 0.25) is 0 Å². The zero-order valence-corrected chi connectivity index (χ0v) is 20.4. The van der Waals surface area contributed by atoms with Gasteiger partial charge in [-0.2, -0.15) is 5.10 Å². The van der Waals surface area contributed by atoms with Crippen LogP contribution in [0.25, 0.3) is 10.8 Å². The van der Waals surface area contributed by atoms with Crippen LogP contribution >= 0.6 is 0 Å². The number of non-ortho nitro benzene ring substituents is 1. The zero-order chi connectivity index (χ0) is 26.2. The standard InChI is InChI=1S/C28H26N4O5/c1-19(30-24-11-10-22-5-3-4-6-23(22)16-24)28(33)31-29-17-21-9-14-26(36-2)27(15-21)37-18-20-7-12-25(13-8-20)32(34)35/h3-17,19,30H,18H2,1-2H3,(H,31,33)/b29-17-/t19-/m1/s1. The minimum Gasteiger partial charge on any atom is -0.493 e. The first-order chi connectivity index (χ1) is 17.9. The van der Waals surface area contributed by atoms with E-state index in [0.29, 0.717) is 17.1 Å². The molecule has 4 rings (SSSR count). The molecule has 0 aromatic heterocycles. The van der Waals surface area contributed by atoms with Gasteiger partial charge >= 0.3 is 0 Å². The highest BCUT2D eigenvalue weighted by Gasteiger charge is 2.12. The number of ether oxygens (including phenoxy) is 2. The van der Waals surface area contributed by atoms with Crippen molar-refractivity contribution in [3.63, 3.8) is 0 Å². The Morgan fingerprint density at radius 1 is 1.00 bits per heavy atom. The number of anilines is 1. The van der Waals surface area contributed by atoms with Crippen molar-refractivity contribution in [3.8, 4) is 11.5 Å². The lowest BCUT2D eigenvalue weighted by Gasteiger charge is -2.14. The molecule has 0 heterocycles. The number of carbonyl (C=O) groups excluding carboxylic acids is 1. The molecule has 1 atom stereocenters. The monoisotopic (exact) mass is 498 g/mol. The number of rotatable bonds is 10. The highest BCUT2D eigenvalue weighted by Crippen LogP contribution is 2.28. The second-order valence-corrected chi connectivity index (χ2v) is 8.28. The fourth-order valence-electron chi connectivity index (χ4n) is 3.62. The number of fused-ring (bicyclic) bond motifs is 1. The third kappa shape index (κ3) is 6.61. The molecule has 37 heavy (non-hydrogen) atoms. The number of amides is 1. The smallest absolute Gasteiger partial charge is 0.269 e. The average Bonchev–Trinajstić information content (AvgIpc) is 2.92. The van der Waals surface area contributed by atoms with Crippen molar-refractivity contribution in [2.75, 3.05) is 12.4 Å². The van der Waals surface area contributed by atoms with E-state index in [-0.39, 0.29) is 18.2 Å². The van der Waals surface area contributed by atoms with Gasteiger partial charge in [-0.05, 0) is 71.3 Å². The van der Waals surface area contributed by atoms with Crippen LogP contribution in [-0.2, 0) is 11.4 Å². The van der Waals surface area contributed by atoms with E-state index in [9.17, 15) is 14.9 Å². The molecular weight excluding hydrogens is 472 g/mol. The molecule has 0 unspecified atom stereocenters. The molecular formula is C28H26N4O5. The van der Waals surface area contributed by atoms with Crippen molar-refractivity contribution in [1.82, 2.24) is 5.43 Å². The molecule has 0 radical (unpaired) electrons. The number of hydrazone groups is 1. The Morgan fingerprint density at radius 2 is 1.76 bits per heavy atom. The van der Waals surface area contributed by atoms with E-state index in [2.05, 4.69) is 15.8 Å². The summed E-state index contributed by atoms with van der Waals surface area (Å²) in [4.78, 5) is 22.9. The van der Waals surface area contributed by atoms with Gasteiger partial charge in [0.15, 0.2) is 11.5 Å². The van der Waals surface area contributed by atoms with Crippen molar-refractivity contribution in [1.29, 1.82) is 0 Å². The lowest BCUT2D eigenvalue weighted by molar-refractivity contribution is -0.384. The first-order valence-electron chi connectivity index (χ1n) is 11.6. The Kier molecular flexibility index (Phi) is 7.95. The number of nitro groups is 1. The molecule has 0 aliphatic carbocycles. The topological polar surface area (TPSA) is 115 Å². The molecule has 9 nitrogen and oxygen atoms in total. The maximum Gasteiger partial charge on any atom is 0.269 e. The SMILES string of the molecule is COc1ccc(/C=N\NC(=O)[C@@H](C)Nc2ccc3ccccc3c2)cc1OCc1ccc([N+](=O)[O-])cc1. The predicted molar refractivity (Wildman–Crippen MR) is 143 cm³/mol. The van der Waals surface area contributed by atoms with Gasteiger partial charge in [0.05, 0.1) is 18.2 Å². The number of benzene rings is 4. The van der Waals surface area contributed by atoms with Crippen LogP contribution in [0.5, 0.6) is 11.5 Å². The van der Waals surface area contributed by atoms with Crippen molar-refractivity contribution in [2.45, 2.75) is 19.6 Å². The van der Waals surface area contributed by atoms with Crippen molar-refractivity contribution in [2.24, 2.45) is 5.10 Å². The lowest BCUT2D eigenvalue weighted by atomic mass is 10.1. The van der Waals surface area contributed by atoms with Gasteiger partial charge in [0.25, 0.3) is 11.6 Å². The van der Waals surface area contributed by atoms with Crippen LogP contribution in [0.4, 0.5) is 11.4 Å². The van der Waals surface area contributed by atoms with Crippen molar-refractivity contribution in [3.05, 3.63) is 106 Å². The van der Waals surface area contributed by atoms with Crippen LogP contribution < -0.4 is 20.2 Å². The Morgan fingerprint density at radius 3 is 2.49 bits per heavy atom. The van der Waals surface area contributed by atoms with E-state index in [1.54, 1.807) is 37.3 Å². The summed E-state index contributed by atoms with van der Waals surface area (Å²) in [5.74, 6) is 0.714. The molecule has 0 fully saturated rings. The van der Waals surface area contributed by atoms with Crippen LogP contribution in [0.1, 0.15) is 18.1 Å². The fraction of sp³-hybridized carbons (Fsp3) is 0.143. The number of methoxy groups -OCH3 is 1. The maximum atomic E-state index is 12.5. The van der Waals surface area contributed by atoms with Crippen LogP contribution in [0, 0.1) is 10.1 Å². The van der Waals surface area contributed by atoms with Gasteiger partial charge in [-0.25, -0.2) is 5.43 Å². The van der Waals surface area contributed by atoms with Crippen LogP contribution in [-0.4, -0.2) is 30.2 Å². The van der Waals surface area contributed by atoms with E-state index in [1.165, 1.54) is 25.5 Å². The molecule has 0 bridgehead atoms. The molecule has 0 aliphatic rings. The van der Waals surface area contributed by atoms with Gasteiger partial charge in [-0.3, -0.25) is 14.9 Å². The fourth-order valence-corrected chi connectivity index (χ4v) is 3.62. The largest absolute Gasteiger partial charge is 0.493 e. The molecule has 0 saturated carbocycles. The van der Waals surface area contributed by atoms with E-state index in [4.69, 9.17) is 9.47 Å². The number of nitrogens with one attached hydrogen (secondary N) is 2. The molecule has 0 spiro atoms. The quantitative estimate of drug-likeness (QED) is 0.174. The van der Waals surface area contributed by atoms with Gasteiger partial charge in [0.1, 0.15) is 12.6 Å². The molecule has 9 heteroatoms. The molecule has 1 amide bonds. The molecule has 188 valence electrons. The highest BCUT2D eigenvalue weighted by molar-refractivity contribution is 5.89. The third-order valence-corrected chi connectivity index (χ3v) is 5.64. The zero-order valence-electron chi connectivity index (χ0n) is 20.4. The summed E-state index contributed by atoms with van der Waals surface area (Å²) in [5, 5.41) is 20.3. The number of nitrogens with zero attached hydrogens (tertiary/aromatic N) is 2. The van der Waals surface area contributed by atoms with E-state index in [1.807, 2.05) is 42.5 Å². The number of nitro benzene ring substituents is 1. The van der Waals surface area contributed by atoms with Crippen LogP contribution in [0.2, 0.25) is 0 Å². The number of carbonyl (C=O) groups is 1. The van der Waals surface area contributed by atoms with E-state index in [0.717, 1.165) is 22.0 Å². The second kappa shape index (κ2) is 11.7. The van der Waals surface area contributed by atoms with Crippen LogP contribution in [0.15, 0.2) is 90.0 Å². The Bertz CT molecular complexity index is 1440. The molecule has 0 aliphatic heterocycles. The van der Waals surface area contributed by atoms with Gasteiger partial charge in [-0.1, -0.05) is 30.3 Å². The lowest BCUT2D eigenvalue weighted by Crippen LogP contribution is -2.34. The molecule has 4 aromatic rings. The van der Waals surface area contributed by atoms with Gasteiger partial charge in [0, 0.05) is 17.8 Å². The third-order valence-electron chi connectivity index (χ3n) is 5.64. The summed E-state index contributed by atoms with van der Waals surface area (Å²) in [5.41, 5.74) is 4.87. The Hall–Kier alpha value is -4.92. The van der Waals surface area contributed by atoms with E-state index < -0.39 is 11.0 Å². The van der Waals surface area contributed by atoms with Gasteiger partial charge in [-0.15, -0.1) is 0 Å². The maximum absolute atomic E-state index is 12.5. The summed E-state index contributed by atoms with van der Waals surface area (Å²) in [6.45, 7) is 1.96. The molecule has 0 saturated heterocycles. The molecule has 2 N–H and O–H groups in total. The second-order valence-electron chi connectivity index (χ2n) is 8.28. The summed E-state index contributed by atoms with van der Waals surface area (Å²) in [7, 11) is 1.53.